The van der Waals surface area contributed by atoms with Crippen LogP contribution in [0.3, 0.4) is 0 Å². The maximum atomic E-state index is 10.5. The molecule has 0 radical (unpaired) electrons. The van der Waals surface area contributed by atoms with E-state index in [4.69, 9.17) is 4.74 Å². The van der Waals surface area contributed by atoms with E-state index in [9.17, 15) is 25.4 Å². The lowest BCUT2D eigenvalue weighted by Gasteiger charge is -2.31. The van der Waals surface area contributed by atoms with Gasteiger partial charge in [-0.25, -0.2) is 0 Å². The average Bonchev–Trinajstić information content (AvgIpc) is 2.88. The lowest BCUT2D eigenvalue weighted by Crippen LogP contribution is -2.48. The van der Waals surface area contributed by atoms with E-state index in [1.807, 2.05) is 0 Å². The van der Waals surface area contributed by atoms with Gasteiger partial charge < -0.3 is 24.6 Å². The fourth-order valence-electron chi connectivity index (χ4n) is 1.88. The molecule has 0 bridgehead atoms. The molecule has 1 aromatic heterocycles. The molecule has 2 rings (SSSR count). The van der Waals surface area contributed by atoms with E-state index in [1.165, 1.54) is 16.8 Å². The lowest BCUT2D eigenvalue weighted by atomic mass is 10.1. The van der Waals surface area contributed by atoms with Crippen molar-refractivity contribution < 1.29 is 25.0 Å². The van der Waals surface area contributed by atoms with Gasteiger partial charge in [0.05, 0.1) is 24.3 Å². The van der Waals surface area contributed by atoms with Crippen molar-refractivity contribution >= 4 is 5.69 Å². The molecule has 3 N–H and O–H groups in total. The van der Waals surface area contributed by atoms with E-state index in [1.54, 1.807) is 0 Å². The molecule has 2 heterocycles. The average molecular weight is 244 g/mol. The van der Waals surface area contributed by atoms with Gasteiger partial charge in [0.25, 0.3) is 5.69 Å². The first-order valence-electron chi connectivity index (χ1n) is 4.95. The molecule has 0 saturated carbocycles. The first-order chi connectivity index (χ1) is 8.01. The third-order valence-corrected chi connectivity index (χ3v) is 2.88. The zero-order valence-electron chi connectivity index (χ0n) is 8.76. The van der Waals surface area contributed by atoms with Gasteiger partial charge in [0.1, 0.15) is 12.2 Å². The molecule has 8 heteroatoms. The Balaban J connectivity index is 2.38. The van der Waals surface area contributed by atoms with E-state index in [0.29, 0.717) is 0 Å². The van der Waals surface area contributed by atoms with E-state index < -0.39 is 29.5 Å². The summed E-state index contributed by atoms with van der Waals surface area (Å²) >= 11 is 0. The first kappa shape index (κ1) is 12.0. The molecule has 0 amide bonds. The molecule has 0 aliphatic carbocycles. The Bertz CT molecular complexity index is 433. The Morgan fingerprint density at radius 2 is 2.35 bits per heavy atom. The summed E-state index contributed by atoms with van der Waals surface area (Å²) in [6.07, 6.45) is -0.0317. The Morgan fingerprint density at radius 1 is 1.65 bits per heavy atom. The van der Waals surface area contributed by atoms with Crippen LogP contribution in [0.25, 0.3) is 0 Å². The van der Waals surface area contributed by atoms with Gasteiger partial charge in [0.2, 0.25) is 0 Å². The summed E-state index contributed by atoms with van der Waals surface area (Å²) in [5.41, 5.74) is -1.75. The van der Waals surface area contributed by atoms with Crippen LogP contribution < -0.4 is 0 Å². The summed E-state index contributed by atoms with van der Waals surface area (Å²) in [6.45, 7) is -0.745. The van der Waals surface area contributed by atoms with E-state index in [-0.39, 0.29) is 12.3 Å². The summed E-state index contributed by atoms with van der Waals surface area (Å²) < 4.78 is 6.38. The van der Waals surface area contributed by atoms with Gasteiger partial charge in [0.15, 0.2) is 5.72 Å². The fraction of sp³-hybridized carbons (Fsp3) is 0.556. The summed E-state index contributed by atoms with van der Waals surface area (Å²) in [4.78, 5) is 9.95. The number of nitro groups is 1. The van der Waals surface area contributed by atoms with Crippen LogP contribution in [-0.4, -0.2) is 50.2 Å². The molecule has 8 nitrogen and oxygen atoms in total. The van der Waals surface area contributed by atoms with Crippen molar-refractivity contribution in [2.24, 2.45) is 0 Å². The summed E-state index contributed by atoms with van der Waals surface area (Å²) in [5.74, 6) is 0. The van der Waals surface area contributed by atoms with Crippen LogP contribution in [0, 0.1) is 10.1 Å². The standard InChI is InChI=1S/C9H12N2O6/c12-5-9(8(14)7(13)4-17-9)10-2-1-6(3-10)11(15)16/h1-3,7-8,12-14H,4-5H2/t7-,8-,9-/m0/s1. The minimum Gasteiger partial charge on any atom is -0.391 e. The van der Waals surface area contributed by atoms with Crippen LogP contribution >= 0.6 is 0 Å². The van der Waals surface area contributed by atoms with Crippen molar-refractivity contribution in [1.29, 1.82) is 0 Å². The second kappa shape index (κ2) is 4.08. The van der Waals surface area contributed by atoms with Gasteiger partial charge in [0, 0.05) is 12.3 Å². The van der Waals surface area contributed by atoms with Crippen molar-refractivity contribution in [3.05, 3.63) is 28.6 Å². The Hall–Kier alpha value is -1.48. The molecular weight excluding hydrogens is 232 g/mol. The second-order valence-electron chi connectivity index (χ2n) is 3.86. The van der Waals surface area contributed by atoms with Gasteiger partial charge >= 0.3 is 0 Å². The van der Waals surface area contributed by atoms with Crippen molar-refractivity contribution in [3.63, 3.8) is 0 Å². The molecule has 1 aliphatic heterocycles. The number of aliphatic hydroxyl groups is 3. The van der Waals surface area contributed by atoms with E-state index in [2.05, 4.69) is 0 Å². The maximum Gasteiger partial charge on any atom is 0.286 e. The van der Waals surface area contributed by atoms with E-state index >= 15 is 0 Å². The highest BCUT2D eigenvalue weighted by Crippen LogP contribution is 2.32. The molecule has 1 fully saturated rings. The van der Waals surface area contributed by atoms with Crippen LogP contribution in [0.5, 0.6) is 0 Å². The molecule has 3 atom stereocenters. The topological polar surface area (TPSA) is 118 Å². The summed E-state index contributed by atoms with van der Waals surface area (Å²) in [5, 5.41) is 39.1. The minimum absolute atomic E-state index is 0.145. The Labute approximate surface area is 95.8 Å². The van der Waals surface area contributed by atoms with Crippen LogP contribution in [0.15, 0.2) is 18.5 Å². The zero-order chi connectivity index (χ0) is 12.6. The molecule has 1 saturated heterocycles. The number of nitrogens with zero attached hydrogens (tertiary/aromatic N) is 2. The third-order valence-electron chi connectivity index (χ3n) is 2.88. The summed E-state index contributed by atoms with van der Waals surface area (Å²) in [6, 6.07) is 1.22. The number of rotatable bonds is 3. The molecule has 1 aromatic rings. The van der Waals surface area contributed by atoms with Crippen molar-refractivity contribution in [2.75, 3.05) is 13.2 Å². The van der Waals surface area contributed by atoms with Crippen molar-refractivity contribution in [2.45, 2.75) is 17.9 Å². The molecule has 17 heavy (non-hydrogen) atoms. The van der Waals surface area contributed by atoms with Crippen LogP contribution in [-0.2, 0) is 10.5 Å². The van der Waals surface area contributed by atoms with Gasteiger partial charge in [-0.1, -0.05) is 0 Å². The number of ether oxygens (including phenoxy) is 1. The normalized spacial score (nSPS) is 32.9. The lowest BCUT2D eigenvalue weighted by molar-refractivity contribution is -0.385. The number of hydrogen-bond acceptors (Lipinski definition) is 6. The smallest absolute Gasteiger partial charge is 0.286 e. The zero-order valence-corrected chi connectivity index (χ0v) is 8.76. The minimum atomic E-state index is -1.56. The van der Waals surface area contributed by atoms with Crippen LogP contribution in [0.4, 0.5) is 5.69 Å². The predicted octanol–water partition coefficient (Wildman–Crippen LogP) is -1.21. The monoisotopic (exact) mass is 244 g/mol. The maximum absolute atomic E-state index is 10.5. The fourth-order valence-corrected chi connectivity index (χ4v) is 1.88. The number of aromatic nitrogens is 1. The highest BCUT2D eigenvalue weighted by molar-refractivity contribution is 5.27. The molecule has 94 valence electrons. The largest absolute Gasteiger partial charge is 0.391 e. The molecule has 0 unspecified atom stereocenters. The van der Waals surface area contributed by atoms with Crippen LogP contribution in [0.1, 0.15) is 0 Å². The quantitative estimate of drug-likeness (QED) is 0.453. The van der Waals surface area contributed by atoms with Crippen molar-refractivity contribution in [1.82, 2.24) is 4.57 Å². The van der Waals surface area contributed by atoms with Gasteiger partial charge in [-0.2, -0.15) is 0 Å². The number of hydrogen-bond donors (Lipinski definition) is 3. The SMILES string of the molecule is O=[N+]([O-])c1ccn([C@@]2(CO)OC[C@H](O)[C@@H]2O)c1. The first-order valence-corrected chi connectivity index (χ1v) is 4.95. The molecule has 0 aromatic carbocycles. The van der Waals surface area contributed by atoms with E-state index in [0.717, 1.165) is 6.20 Å². The van der Waals surface area contributed by atoms with Gasteiger partial charge in [-0.3, -0.25) is 10.1 Å². The van der Waals surface area contributed by atoms with Crippen LogP contribution in [0.2, 0.25) is 0 Å². The Kier molecular flexibility index (Phi) is 2.87. The molecular formula is C9H12N2O6. The molecule has 0 spiro atoms. The predicted molar refractivity (Wildman–Crippen MR) is 54.1 cm³/mol. The highest BCUT2D eigenvalue weighted by atomic mass is 16.6. The van der Waals surface area contributed by atoms with Gasteiger partial charge in [-0.15, -0.1) is 0 Å². The second-order valence-corrected chi connectivity index (χ2v) is 3.86. The van der Waals surface area contributed by atoms with Gasteiger partial charge in [-0.05, 0) is 0 Å². The number of aliphatic hydroxyl groups excluding tert-OH is 3. The van der Waals surface area contributed by atoms with Crippen molar-refractivity contribution in [3.8, 4) is 0 Å². The highest BCUT2D eigenvalue weighted by Gasteiger charge is 2.50. The third kappa shape index (κ3) is 1.71. The summed E-state index contributed by atoms with van der Waals surface area (Å²) in [7, 11) is 0. The Morgan fingerprint density at radius 3 is 2.76 bits per heavy atom. The molecule has 1 aliphatic rings.